The molecule has 0 aliphatic rings. The van der Waals surface area contributed by atoms with Crippen LogP contribution in [0.5, 0.6) is 0 Å². The van der Waals surface area contributed by atoms with Crippen molar-refractivity contribution in [3.63, 3.8) is 0 Å². The summed E-state index contributed by atoms with van der Waals surface area (Å²) in [6.07, 6.45) is 0. The van der Waals surface area contributed by atoms with Crippen molar-refractivity contribution in [3.05, 3.63) is 70.3 Å². The van der Waals surface area contributed by atoms with Gasteiger partial charge in [0.05, 0.1) is 0 Å². The summed E-state index contributed by atoms with van der Waals surface area (Å²) in [5, 5.41) is 3.33. The van der Waals surface area contributed by atoms with Gasteiger partial charge in [-0.25, -0.2) is 8.78 Å². The Balaban J connectivity index is 2.04. The first-order valence-electron chi connectivity index (χ1n) is 6.71. The summed E-state index contributed by atoms with van der Waals surface area (Å²) in [5.41, 5.74) is 4.38. The highest BCUT2D eigenvalue weighted by atomic mass is 19.2. The van der Waals surface area contributed by atoms with Crippen LogP contribution in [-0.4, -0.2) is 0 Å². The summed E-state index contributed by atoms with van der Waals surface area (Å²) in [6, 6.07) is 10.5. The van der Waals surface area contributed by atoms with Gasteiger partial charge in [-0.15, -0.1) is 0 Å². The van der Waals surface area contributed by atoms with Gasteiger partial charge < -0.3 is 5.32 Å². The molecule has 2 aromatic rings. The van der Waals surface area contributed by atoms with E-state index >= 15 is 0 Å². The van der Waals surface area contributed by atoms with Gasteiger partial charge in [-0.2, -0.15) is 0 Å². The van der Waals surface area contributed by atoms with Crippen molar-refractivity contribution in [2.24, 2.45) is 0 Å². The zero-order valence-corrected chi connectivity index (χ0v) is 12.0. The first kappa shape index (κ1) is 14.7. The molecule has 1 N–H and O–H groups in total. The highest BCUT2D eigenvalue weighted by molar-refractivity contribution is 5.30. The lowest BCUT2D eigenvalue weighted by Gasteiger charge is -2.16. The van der Waals surface area contributed by atoms with Crippen molar-refractivity contribution in [2.45, 2.75) is 33.4 Å². The molecule has 106 valence electrons. The van der Waals surface area contributed by atoms with E-state index in [9.17, 15) is 8.78 Å². The monoisotopic (exact) mass is 275 g/mol. The largest absolute Gasteiger partial charge is 0.306 e. The number of nitrogens with one attached hydrogen (secondary N) is 1. The van der Waals surface area contributed by atoms with E-state index in [1.165, 1.54) is 22.8 Å². The third kappa shape index (κ3) is 3.64. The predicted octanol–water partition coefficient (Wildman–Crippen LogP) is 4.43. The molecule has 0 aliphatic carbocycles. The molecule has 3 heteroatoms. The van der Waals surface area contributed by atoms with E-state index in [4.69, 9.17) is 0 Å². The van der Waals surface area contributed by atoms with Gasteiger partial charge >= 0.3 is 0 Å². The van der Waals surface area contributed by atoms with E-state index in [0.29, 0.717) is 6.54 Å². The molecule has 2 aromatic carbocycles. The Morgan fingerprint density at radius 3 is 2.20 bits per heavy atom. The van der Waals surface area contributed by atoms with E-state index < -0.39 is 11.6 Å². The van der Waals surface area contributed by atoms with Crippen LogP contribution in [-0.2, 0) is 6.54 Å². The van der Waals surface area contributed by atoms with Crippen molar-refractivity contribution in [2.75, 3.05) is 0 Å². The maximum atomic E-state index is 13.1. The van der Waals surface area contributed by atoms with E-state index in [1.807, 2.05) is 0 Å². The second kappa shape index (κ2) is 6.14. The Labute approximate surface area is 118 Å². The first-order chi connectivity index (χ1) is 9.45. The Hall–Kier alpha value is -1.74. The van der Waals surface area contributed by atoms with Gasteiger partial charge in [0.15, 0.2) is 11.6 Å². The van der Waals surface area contributed by atoms with E-state index in [0.717, 1.165) is 11.6 Å². The Kier molecular flexibility index (Phi) is 4.50. The topological polar surface area (TPSA) is 12.0 Å². The minimum Gasteiger partial charge on any atom is -0.306 e. The lowest BCUT2D eigenvalue weighted by molar-refractivity contribution is 0.504. The van der Waals surface area contributed by atoms with Crippen molar-refractivity contribution in [3.8, 4) is 0 Å². The van der Waals surface area contributed by atoms with Gasteiger partial charge in [-0.1, -0.05) is 35.4 Å². The van der Waals surface area contributed by atoms with Crippen LogP contribution in [0.1, 0.15) is 35.2 Å². The van der Waals surface area contributed by atoms with Gasteiger partial charge in [0.2, 0.25) is 0 Å². The van der Waals surface area contributed by atoms with E-state index in [1.54, 1.807) is 6.07 Å². The van der Waals surface area contributed by atoms with Gasteiger partial charge in [0, 0.05) is 12.6 Å². The summed E-state index contributed by atoms with van der Waals surface area (Å²) >= 11 is 0. The molecule has 0 saturated heterocycles. The fourth-order valence-corrected chi connectivity index (χ4v) is 2.30. The minimum atomic E-state index is -0.809. The molecule has 1 atom stereocenters. The van der Waals surface area contributed by atoms with Crippen LogP contribution < -0.4 is 5.32 Å². The quantitative estimate of drug-likeness (QED) is 0.870. The number of benzene rings is 2. The summed E-state index contributed by atoms with van der Waals surface area (Å²) < 4.78 is 26.0. The Bertz CT molecular complexity index is 588. The van der Waals surface area contributed by atoms with Gasteiger partial charge in [-0.05, 0) is 44.0 Å². The molecule has 0 amide bonds. The number of hydrogen-bond donors (Lipinski definition) is 1. The maximum Gasteiger partial charge on any atom is 0.159 e. The van der Waals surface area contributed by atoms with E-state index in [2.05, 4.69) is 44.3 Å². The fraction of sp³-hybridized carbons (Fsp3) is 0.294. The second-order valence-electron chi connectivity index (χ2n) is 5.27. The number of aryl methyl sites for hydroxylation is 2. The summed E-state index contributed by atoms with van der Waals surface area (Å²) in [4.78, 5) is 0. The van der Waals surface area contributed by atoms with Crippen LogP contribution in [0.25, 0.3) is 0 Å². The standard InChI is InChI=1S/C17H19F2N/c1-11-6-12(2)8-15(7-11)13(3)20-10-14-4-5-16(18)17(19)9-14/h4-9,13,20H,10H2,1-3H3. The van der Waals surface area contributed by atoms with E-state index in [-0.39, 0.29) is 6.04 Å². The lowest BCUT2D eigenvalue weighted by Crippen LogP contribution is -2.18. The molecule has 0 spiro atoms. The zero-order chi connectivity index (χ0) is 14.7. The van der Waals surface area contributed by atoms with Crippen LogP contribution in [0.3, 0.4) is 0 Å². The summed E-state index contributed by atoms with van der Waals surface area (Å²) in [6.45, 7) is 6.70. The summed E-state index contributed by atoms with van der Waals surface area (Å²) in [7, 11) is 0. The van der Waals surface area contributed by atoms with Crippen LogP contribution in [0, 0.1) is 25.5 Å². The second-order valence-corrected chi connectivity index (χ2v) is 5.27. The molecule has 1 nitrogen and oxygen atoms in total. The molecular formula is C17H19F2N. The van der Waals surface area contributed by atoms with Gasteiger partial charge in [0.25, 0.3) is 0 Å². The van der Waals surface area contributed by atoms with Crippen LogP contribution in [0.15, 0.2) is 36.4 Å². The fourth-order valence-electron chi connectivity index (χ4n) is 2.30. The van der Waals surface area contributed by atoms with Crippen LogP contribution in [0.2, 0.25) is 0 Å². The number of rotatable bonds is 4. The van der Waals surface area contributed by atoms with Crippen molar-refractivity contribution >= 4 is 0 Å². The van der Waals surface area contributed by atoms with Gasteiger partial charge in [0.1, 0.15) is 0 Å². The summed E-state index contributed by atoms with van der Waals surface area (Å²) in [5.74, 6) is -1.61. The molecular weight excluding hydrogens is 256 g/mol. The average molecular weight is 275 g/mol. The van der Waals surface area contributed by atoms with Crippen molar-refractivity contribution < 1.29 is 8.78 Å². The molecule has 0 fully saturated rings. The van der Waals surface area contributed by atoms with Crippen LogP contribution in [0.4, 0.5) is 8.78 Å². The third-order valence-electron chi connectivity index (χ3n) is 3.34. The SMILES string of the molecule is Cc1cc(C)cc(C(C)NCc2ccc(F)c(F)c2)c1. The zero-order valence-electron chi connectivity index (χ0n) is 12.0. The molecule has 0 radical (unpaired) electrons. The molecule has 0 heterocycles. The first-order valence-corrected chi connectivity index (χ1v) is 6.71. The molecule has 0 aliphatic heterocycles. The van der Waals surface area contributed by atoms with Crippen LogP contribution >= 0.6 is 0 Å². The molecule has 2 rings (SSSR count). The minimum absolute atomic E-state index is 0.154. The predicted molar refractivity (Wildman–Crippen MR) is 77.5 cm³/mol. The van der Waals surface area contributed by atoms with Crippen molar-refractivity contribution in [1.82, 2.24) is 5.32 Å². The Morgan fingerprint density at radius 2 is 1.60 bits per heavy atom. The molecule has 0 aromatic heterocycles. The molecule has 0 bridgehead atoms. The van der Waals surface area contributed by atoms with Gasteiger partial charge in [-0.3, -0.25) is 0 Å². The van der Waals surface area contributed by atoms with Crippen molar-refractivity contribution in [1.29, 1.82) is 0 Å². The highest BCUT2D eigenvalue weighted by Gasteiger charge is 2.07. The maximum absolute atomic E-state index is 13.1. The molecule has 20 heavy (non-hydrogen) atoms. The smallest absolute Gasteiger partial charge is 0.159 e. The normalized spacial score (nSPS) is 12.4. The number of halogens is 2. The number of hydrogen-bond acceptors (Lipinski definition) is 1. The Morgan fingerprint density at radius 1 is 0.950 bits per heavy atom. The lowest BCUT2D eigenvalue weighted by atomic mass is 10.0. The third-order valence-corrected chi connectivity index (χ3v) is 3.34. The highest BCUT2D eigenvalue weighted by Crippen LogP contribution is 2.17. The molecule has 0 saturated carbocycles. The average Bonchev–Trinajstić information content (AvgIpc) is 2.38. The molecule has 1 unspecified atom stereocenters.